The van der Waals surface area contributed by atoms with Gasteiger partial charge in [0.05, 0.1) is 6.04 Å². The smallest absolute Gasteiger partial charge is 0.408 e. The summed E-state index contributed by atoms with van der Waals surface area (Å²) in [5, 5.41) is 5.68. The average molecular weight is 252 g/mol. The van der Waals surface area contributed by atoms with E-state index in [0.717, 1.165) is 6.42 Å². The van der Waals surface area contributed by atoms with E-state index in [-0.39, 0.29) is 18.0 Å². The van der Waals surface area contributed by atoms with Gasteiger partial charge in [0, 0.05) is 12.5 Å². The molecule has 0 saturated carbocycles. The van der Waals surface area contributed by atoms with Crippen molar-refractivity contribution in [3.63, 3.8) is 0 Å². The van der Waals surface area contributed by atoms with Crippen molar-refractivity contribution in [3.05, 3.63) is 12.2 Å². The first-order chi connectivity index (χ1) is 8.33. The Morgan fingerprint density at radius 3 is 2.67 bits per heavy atom. The summed E-state index contributed by atoms with van der Waals surface area (Å²) in [6, 6.07) is 0.238. The Morgan fingerprint density at radius 2 is 2.11 bits per heavy atom. The molecule has 5 nitrogen and oxygen atoms in total. The zero-order valence-corrected chi connectivity index (χ0v) is 11.0. The van der Waals surface area contributed by atoms with Crippen LogP contribution < -0.4 is 10.6 Å². The number of alkyl carbamates (subject to hydrolysis) is 1. The highest BCUT2D eigenvalue weighted by Gasteiger charge is 2.35. The molecule has 2 rings (SSSR count). The second kappa shape index (κ2) is 4.63. The van der Waals surface area contributed by atoms with Gasteiger partial charge in [-0.2, -0.15) is 0 Å². The summed E-state index contributed by atoms with van der Waals surface area (Å²) >= 11 is 0. The second-order valence-electron chi connectivity index (χ2n) is 5.92. The summed E-state index contributed by atoms with van der Waals surface area (Å²) in [4.78, 5) is 22.4. The van der Waals surface area contributed by atoms with Crippen molar-refractivity contribution >= 4 is 12.0 Å². The van der Waals surface area contributed by atoms with Gasteiger partial charge in [0.1, 0.15) is 5.60 Å². The number of hydrogen-bond acceptors (Lipinski definition) is 3. The molecule has 1 saturated heterocycles. The summed E-state index contributed by atoms with van der Waals surface area (Å²) in [7, 11) is 0. The molecule has 0 aromatic carbocycles. The number of rotatable bonds is 2. The maximum absolute atomic E-state index is 11.6. The molecule has 1 heterocycles. The molecular weight excluding hydrogens is 232 g/mol. The zero-order chi connectivity index (χ0) is 13.3. The molecule has 18 heavy (non-hydrogen) atoms. The van der Waals surface area contributed by atoms with E-state index in [2.05, 4.69) is 16.7 Å². The zero-order valence-electron chi connectivity index (χ0n) is 11.0. The Labute approximate surface area is 107 Å². The number of β-lactam (4-membered cyclic amide) rings is 1. The Morgan fingerprint density at radius 1 is 1.44 bits per heavy atom. The lowest BCUT2D eigenvalue weighted by Gasteiger charge is -2.31. The lowest BCUT2D eigenvalue weighted by Crippen LogP contribution is -2.52. The molecule has 100 valence electrons. The van der Waals surface area contributed by atoms with Gasteiger partial charge >= 0.3 is 6.09 Å². The van der Waals surface area contributed by atoms with Gasteiger partial charge in [-0.25, -0.2) is 4.79 Å². The predicted molar refractivity (Wildman–Crippen MR) is 67.0 cm³/mol. The molecular formula is C13H20N2O3. The van der Waals surface area contributed by atoms with Crippen LogP contribution in [0.2, 0.25) is 0 Å². The highest BCUT2D eigenvalue weighted by atomic mass is 16.6. The molecule has 0 radical (unpaired) electrons. The Balaban J connectivity index is 1.75. The number of carbonyl (C=O) groups is 2. The third kappa shape index (κ3) is 3.24. The molecule has 1 aliphatic heterocycles. The largest absolute Gasteiger partial charge is 0.444 e. The van der Waals surface area contributed by atoms with Crippen LogP contribution in [-0.2, 0) is 9.53 Å². The Bertz CT molecular complexity index is 376. The van der Waals surface area contributed by atoms with E-state index in [4.69, 9.17) is 4.74 Å². The standard InChI is InChI=1S/C13H20N2O3/c1-13(2,3)18-12(17)14-9-5-4-8(6-9)10-7-11(16)15-10/h4-5,8-10H,6-7H2,1-3H3,(H,14,17)(H,15,16)/t8-,9+,10+/m1/s1. The second-order valence-corrected chi connectivity index (χ2v) is 5.92. The number of nitrogens with one attached hydrogen (secondary N) is 2. The van der Waals surface area contributed by atoms with Crippen molar-refractivity contribution in [2.75, 3.05) is 0 Å². The van der Waals surface area contributed by atoms with Crippen molar-refractivity contribution in [2.24, 2.45) is 5.92 Å². The van der Waals surface area contributed by atoms with E-state index < -0.39 is 11.7 Å². The molecule has 3 atom stereocenters. The minimum atomic E-state index is -0.478. The molecule has 0 unspecified atom stereocenters. The van der Waals surface area contributed by atoms with E-state index in [1.807, 2.05) is 26.8 Å². The summed E-state index contributed by atoms with van der Waals surface area (Å²) in [6.45, 7) is 5.51. The van der Waals surface area contributed by atoms with E-state index in [1.165, 1.54) is 0 Å². The van der Waals surface area contributed by atoms with Gasteiger partial charge in [0.25, 0.3) is 0 Å². The highest BCUT2D eigenvalue weighted by Crippen LogP contribution is 2.26. The number of amides is 2. The van der Waals surface area contributed by atoms with Crippen LogP contribution in [0.3, 0.4) is 0 Å². The van der Waals surface area contributed by atoms with Crippen LogP contribution >= 0.6 is 0 Å². The molecule has 1 aliphatic carbocycles. The van der Waals surface area contributed by atoms with Crippen LogP contribution in [0.15, 0.2) is 12.2 Å². The van der Waals surface area contributed by atoms with Crippen molar-refractivity contribution in [1.82, 2.24) is 10.6 Å². The van der Waals surface area contributed by atoms with E-state index >= 15 is 0 Å². The van der Waals surface area contributed by atoms with Gasteiger partial charge in [-0.1, -0.05) is 12.2 Å². The molecule has 5 heteroatoms. The van der Waals surface area contributed by atoms with Crippen molar-refractivity contribution in [1.29, 1.82) is 0 Å². The van der Waals surface area contributed by atoms with Gasteiger partial charge in [0.2, 0.25) is 5.91 Å². The number of carbonyl (C=O) groups excluding carboxylic acids is 2. The lowest BCUT2D eigenvalue weighted by molar-refractivity contribution is -0.129. The Kier molecular flexibility index (Phi) is 3.32. The first-order valence-corrected chi connectivity index (χ1v) is 6.31. The molecule has 0 aromatic rings. The van der Waals surface area contributed by atoms with Gasteiger partial charge in [-0.15, -0.1) is 0 Å². The summed E-state index contributed by atoms with van der Waals surface area (Å²) in [5.74, 6) is 0.430. The van der Waals surface area contributed by atoms with Gasteiger partial charge in [-0.05, 0) is 33.1 Å². The van der Waals surface area contributed by atoms with Crippen molar-refractivity contribution in [3.8, 4) is 0 Å². The van der Waals surface area contributed by atoms with E-state index in [0.29, 0.717) is 12.3 Å². The topological polar surface area (TPSA) is 67.4 Å². The van der Waals surface area contributed by atoms with Crippen LogP contribution in [0.1, 0.15) is 33.6 Å². The van der Waals surface area contributed by atoms with Crippen molar-refractivity contribution in [2.45, 2.75) is 51.3 Å². The molecule has 0 spiro atoms. The monoisotopic (exact) mass is 252 g/mol. The third-order valence-electron chi connectivity index (χ3n) is 3.09. The van der Waals surface area contributed by atoms with E-state index in [9.17, 15) is 9.59 Å². The van der Waals surface area contributed by atoms with Gasteiger partial charge in [0.15, 0.2) is 0 Å². The normalized spacial score (nSPS) is 30.6. The first-order valence-electron chi connectivity index (χ1n) is 6.31. The van der Waals surface area contributed by atoms with Crippen LogP contribution in [-0.4, -0.2) is 29.7 Å². The van der Waals surface area contributed by atoms with E-state index in [1.54, 1.807) is 0 Å². The maximum atomic E-state index is 11.6. The lowest BCUT2D eigenvalue weighted by atomic mass is 9.90. The molecule has 2 aliphatic rings. The fourth-order valence-electron chi connectivity index (χ4n) is 2.24. The fraction of sp³-hybridized carbons (Fsp3) is 0.692. The fourth-order valence-corrected chi connectivity index (χ4v) is 2.24. The summed E-state index contributed by atoms with van der Waals surface area (Å²) < 4.78 is 5.20. The molecule has 1 fully saturated rings. The minimum absolute atomic E-state index is 0.00218. The summed E-state index contributed by atoms with van der Waals surface area (Å²) in [5.41, 5.74) is -0.478. The quantitative estimate of drug-likeness (QED) is 0.575. The van der Waals surface area contributed by atoms with Crippen LogP contribution in [0, 0.1) is 5.92 Å². The van der Waals surface area contributed by atoms with Gasteiger partial charge < -0.3 is 15.4 Å². The molecule has 0 bridgehead atoms. The summed E-state index contributed by atoms with van der Waals surface area (Å²) in [6.07, 6.45) is 5.05. The average Bonchev–Trinajstić information content (AvgIpc) is 2.57. The third-order valence-corrected chi connectivity index (χ3v) is 3.09. The van der Waals surface area contributed by atoms with Crippen molar-refractivity contribution < 1.29 is 14.3 Å². The number of hydrogen-bond donors (Lipinski definition) is 2. The molecule has 0 aromatic heterocycles. The predicted octanol–water partition coefficient (Wildman–Crippen LogP) is 1.34. The first kappa shape index (κ1) is 12.9. The van der Waals surface area contributed by atoms with Crippen LogP contribution in [0.4, 0.5) is 4.79 Å². The minimum Gasteiger partial charge on any atom is -0.444 e. The maximum Gasteiger partial charge on any atom is 0.408 e. The molecule has 2 amide bonds. The SMILES string of the molecule is CC(C)(C)OC(=O)N[C@H]1C=C[C@@H]([C@@H]2CC(=O)N2)C1. The van der Waals surface area contributed by atoms with Gasteiger partial charge in [-0.3, -0.25) is 4.79 Å². The number of ether oxygens (including phenoxy) is 1. The molecule has 2 N–H and O–H groups in total. The highest BCUT2D eigenvalue weighted by molar-refractivity contribution is 5.83. The Hall–Kier alpha value is -1.52. The van der Waals surface area contributed by atoms with Crippen LogP contribution in [0.5, 0.6) is 0 Å². The van der Waals surface area contributed by atoms with Crippen LogP contribution in [0.25, 0.3) is 0 Å².